The predicted octanol–water partition coefficient (Wildman–Crippen LogP) is 2.53. The second-order valence-corrected chi connectivity index (χ2v) is 14.3. The predicted molar refractivity (Wildman–Crippen MR) is 114 cm³/mol. The largest absolute Gasteiger partial charge is 0.474 e. The van der Waals surface area contributed by atoms with E-state index < -0.39 is 25.8 Å². The normalized spacial score (nSPS) is 16.8. The molecule has 11 heteroatoms. The second kappa shape index (κ2) is 9.66. The number of alkyl carbamates (subject to hydrolysis) is 1. The Bertz CT molecular complexity index is 684. The Morgan fingerprint density at radius 1 is 1.43 bits per heavy atom. The molecule has 0 bridgehead atoms. The molecule has 0 aliphatic carbocycles. The van der Waals surface area contributed by atoms with Crippen LogP contribution >= 0.6 is 13.5 Å². The van der Waals surface area contributed by atoms with Crippen LogP contribution in [0.25, 0.3) is 0 Å². The molecule has 160 valence electrons. The highest BCUT2D eigenvalue weighted by atomic mass is 32.1. The van der Waals surface area contributed by atoms with Crippen LogP contribution in [0.1, 0.15) is 20.8 Å². The highest BCUT2D eigenvalue weighted by Gasteiger charge is 2.30. The summed E-state index contributed by atoms with van der Waals surface area (Å²) in [6, 6.07) is 0.184. The Balaban J connectivity index is 0.00000392. The van der Waals surface area contributed by atoms with Gasteiger partial charge in [-0.1, -0.05) is 19.6 Å². The summed E-state index contributed by atoms with van der Waals surface area (Å²) < 4.78 is 18.1. The van der Waals surface area contributed by atoms with Gasteiger partial charge in [0.25, 0.3) is 5.91 Å². The molecule has 1 aliphatic heterocycles. The van der Waals surface area contributed by atoms with Crippen LogP contribution in [0.4, 0.5) is 10.5 Å². The van der Waals surface area contributed by atoms with Crippen molar-refractivity contribution < 1.29 is 23.8 Å². The van der Waals surface area contributed by atoms with Crippen molar-refractivity contribution in [1.29, 1.82) is 0 Å². The molecule has 0 saturated heterocycles. The van der Waals surface area contributed by atoms with Gasteiger partial charge in [-0.15, -0.1) is 0 Å². The van der Waals surface area contributed by atoms with E-state index in [1.54, 1.807) is 25.5 Å². The molecule has 0 spiro atoms. The first-order chi connectivity index (χ1) is 12.4. The van der Waals surface area contributed by atoms with Gasteiger partial charge in [-0.25, -0.2) is 9.48 Å². The van der Waals surface area contributed by atoms with Gasteiger partial charge in [0.2, 0.25) is 5.88 Å². The summed E-state index contributed by atoms with van der Waals surface area (Å²) in [5, 5.41) is 9.43. The molecule has 28 heavy (non-hydrogen) atoms. The zero-order valence-electron chi connectivity index (χ0n) is 17.4. The van der Waals surface area contributed by atoms with E-state index in [-0.39, 0.29) is 32.7 Å². The van der Waals surface area contributed by atoms with E-state index in [2.05, 4.69) is 35.4 Å². The number of fused-ring (bicyclic) bond motifs is 1. The lowest BCUT2D eigenvalue weighted by molar-refractivity contribution is -0.118. The van der Waals surface area contributed by atoms with Crippen molar-refractivity contribution in [3.63, 3.8) is 0 Å². The van der Waals surface area contributed by atoms with Crippen LogP contribution in [0.5, 0.6) is 5.88 Å². The number of anilines is 1. The van der Waals surface area contributed by atoms with Crippen LogP contribution in [0.15, 0.2) is 6.20 Å². The third kappa shape index (κ3) is 7.72. The van der Waals surface area contributed by atoms with Crippen molar-refractivity contribution in [3.05, 3.63) is 6.20 Å². The molecular weight excluding hydrogens is 400 g/mol. The first kappa shape index (κ1) is 24.3. The Hall–Kier alpha value is -1.72. The van der Waals surface area contributed by atoms with Gasteiger partial charge in [0.15, 0.2) is 0 Å². The lowest BCUT2D eigenvalue weighted by atomic mass is 10.2. The highest BCUT2D eigenvalue weighted by Crippen LogP contribution is 2.27. The summed E-state index contributed by atoms with van der Waals surface area (Å²) in [5.74, 6) is 0.0173. The van der Waals surface area contributed by atoms with Gasteiger partial charge in [0, 0.05) is 14.7 Å². The summed E-state index contributed by atoms with van der Waals surface area (Å²) in [6.07, 6.45) is 0.832. The van der Waals surface area contributed by atoms with Crippen LogP contribution in [0.2, 0.25) is 25.7 Å². The molecule has 0 saturated carbocycles. The first-order valence-corrected chi connectivity index (χ1v) is 12.7. The maximum Gasteiger partial charge on any atom is 0.408 e. The standard InChI is InChI=1S/C17H30N4O5Si.H2S/c1-17(2,3)26-16(23)20-13-10-25-15-12(19-14(13)22)9-18-21(15)11-24-7-8-27(4,5)6;/h9,13H,7-8,10-11H2,1-6H3,(H,19,22)(H,20,23);1H2/t13-;/m0./s1. The quantitative estimate of drug-likeness (QED) is 0.529. The monoisotopic (exact) mass is 432 g/mol. The fourth-order valence-corrected chi connectivity index (χ4v) is 3.01. The minimum atomic E-state index is -1.16. The fraction of sp³-hybridized carbons (Fsp3) is 0.706. The van der Waals surface area contributed by atoms with E-state index in [4.69, 9.17) is 14.2 Å². The summed E-state index contributed by atoms with van der Waals surface area (Å²) in [5.41, 5.74) is -0.203. The number of aromatic nitrogens is 2. The smallest absolute Gasteiger partial charge is 0.408 e. The van der Waals surface area contributed by atoms with Gasteiger partial charge in [-0.05, 0) is 26.8 Å². The van der Waals surface area contributed by atoms with E-state index in [1.807, 2.05) is 0 Å². The first-order valence-electron chi connectivity index (χ1n) is 9.01. The Morgan fingerprint density at radius 2 is 2.11 bits per heavy atom. The van der Waals surface area contributed by atoms with Crippen molar-refractivity contribution in [3.8, 4) is 5.88 Å². The summed E-state index contributed by atoms with van der Waals surface area (Å²) in [7, 11) is -1.16. The van der Waals surface area contributed by atoms with Crippen molar-refractivity contribution in [1.82, 2.24) is 15.1 Å². The summed E-state index contributed by atoms with van der Waals surface area (Å²) >= 11 is 0. The highest BCUT2D eigenvalue weighted by molar-refractivity contribution is 7.59. The number of hydrogen-bond acceptors (Lipinski definition) is 6. The Labute approximate surface area is 173 Å². The molecule has 1 aliphatic rings. The van der Waals surface area contributed by atoms with E-state index in [0.29, 0.717) is 18.2 Å². The molecule has 1 aromatic rings. The van der Waals surface area contributed by atoms with E-state index >= 15 is 0 Å². The molecular formula is C17H32N4O5SSi. The van der Waals surface area contributed by atoms with Crippen molar-refractivity contribution in [2.45, 2.75) is 64.8 Å². The van der Waals surface area contributed by atoms with Crippen molar-refractivity contribution >= 4 is 39.3 Å². The number of amides is 2. The lowest BCUT2D eigenvalue weighted by Gasteiger charge is -2.22. The molecule has 1 aromatic heterocycles. The van der Waals surface area contributed by atoms with Crippen molar-refractivity contribution in [2.24, 2.45) is 0 Å². The van der Waals surface area contributed by atoms with Crippen LogP contribution in [-0.2, 0) is 21.0 Å². The number of carbonyl (C=O) groups excluding carboxylic acids is 2. The average Bonchev–Trinajstić information content (AvgIpc) is 2.79. The van der Waals surface area contributed by atoms with Crippen LogP contribution in [0, 0.1) is 0 Å². The number of nitrogens with one attached hydrogen (secondary N) is 2. The van der Waals surface area contributed by atoms with E-state index in [9.17, 15) is 9.59 Å². The molecule has 2 heterocycles. The molecule has 0 aromatic carbocycles. The number of carbonyl (C=O) groups is 2. The SMILES string of the molecule is CC(C)(C)OC(=O)N[C@H]1COc2c(cnn2COCC[Si](C)(C)C)NC1=O.S. The third-order valence-corrected chi connectivity index (χ3v) is 5.36. The zero-order chi connectivity index (χ0) is 20.2. The molecule has 0 fully saturated rings. The van der Waals surface area contributed by atoms with Crippen LogP contribution in [0.3, 0.4) is 0 Å². The van der Waals surface area contributed by atoms with Gasteiger partial charge in [0.1, 0.15) is 30.7 Å². The molecule has 2 amide bonds. The van der Waals surface area contributed by atoms with Gasteiger partial charge in [-0.3, -0.25) is 4.79 Å². The minimum Gasteiger partial charge on any atom is -0.474 e. The average molecular weight is 433 g/mol. The molecule has 1 atom stereocenters. The van der Waals surface area contributed by atoms with Gasteiger partial charge >= 0.3 is 6.09 Å². The number of ether oxygens (including phenoxy) is 3. The fourth-order valence-electron chi connectivity index (χ4n) is 2.25. The van der Waals surface area contributed by atoms with E-state index in [1.165, 1.54) is 6.20 Å². The summed E-state index contributed by atoms with van der Waals surface area (Å²) in [4.78, 5) is 24.2. The molecule has 0 unspecified atom stereocenters. The number of hydrogen-bond donors (Lipinski definition) is 2. The van der Waals surface area contributed by atoms with Gasteiger partial charge < -0.3 is 24.8 Å². The second-order valence-electron chi connectivity index (χ2n) is 8.71. The number of rotatable bonds is 6. The van der Waals surface area contributed by atoms with Crippen LogP contribution < -0.4 is 15.4 Å². The topological polar surface area (TPSA) is 104 Å². The Kier molecular flexibility index (Phi) is 8.39. The van der Waals surface area contributed by atoms with Gasteiger partial charge in [-0.2, -0.15) is 18.6 Å². The van der Waals surface area contributed by atoms with E-state index in [0.717, 1.165) is 6.04 Å². The lowest BCUT2D eigenvalue weighted by Crippen LogP contribution is -2.48. The molecule has 2 N–H and O–H groups in total. The molecule has 9 nitrogen and oxygen atoms in total. The molecule has 0 radical (unpaired) electrons. The van der Waals surface area contributed by atoms with Crippen LogP contribution in [-0.4, -0.2) is 54.7 Å². The number of nitrogens with zero attached hydrogens (tertiary/aromatic N) is 2. The Morgan fingerprint density at radius 3 is 2.71 bits per heavy atom. The third-order valence-electron chi connectivity index (χ3n) is 3.65. The zero-order valence-corrected chi connectivity index (χ0v) is 19.4. The minimum absolute atomic E-state index is 0. The maximum atomic E-state index is 12.3. The van der Waals surface area contributed by atoms with Crippen molar-refractivity contribution in [2.75, 3.05) is 18.5 Å². The molecule has 2 rings (SSSR count). The summed E-state index contributed by atoms with van der Waals surface area (Å²) in [6.45, 7) is 13.0. The van der Waals surface area contributed by atoms with Gasteiger partial charge in [0.05, 0.1) is 6.20 Å². The maximum absolute atomic E-state index is 12.3.